The summed E-state index contributed by atoms with van der Waals surface area (Å²) in [5.41, 5.74) is 2.02. The summed E-state index contributed by atoms with van der Waals surface area (Å²) < 4.78 is 0. The van der Waals surface area contributed by atoms with Gasteiger partial charge in [0.1, 0.15) is 0 Å². The smallest absolute Gasteiger partial charge is 0.0858 e. The van der Waals surface area contributed by atoms with Crippen molar-refractivity contribution in [1.82, 2.24) is 15.2 Å². The number of nitrogens with zero attached hydrogens (tertiary/aromatic N) is 2. The Bertz CT molecular complexity index is 613. The van der Waals surface area contributed by atoms with Crippen LogP contribution in [0.3, 0.4) is 0 Å². The number of para-hydroxylation sites is 1. The molecule has 1 saturated heterocycles. The molecule has 96 valence electrons. The lowest BCUT2D eigenvalue weighted by molar-refractivity contribution is 0.268. The number of piperazine rings is 1. The van der Waals surface area contributed by atoms with E-state index in [4.69, 9.17) is 0 Å². The van der Waals surface area contributed by atoms with Crippen LogP contribution < -0.4 is 5.32 Å². The lowest BCUT2D eigenvalue weighted by atomic mass is 10.1. The molecule has 1 aliphatic rings. The number of hydrogen-bond donors (Lipinski definition) is 1. The molecule has 2 aromatic rings. The van der Waals surface area contributed by atoms with Crippen LogP contribution >= 0.6 is 0 Å². The van der Waals surface area contributed by atoms with Gasteiger partial charge in [-0.25, -0.2) is 0 Å². The van der Waals surface area contributed by atoms with Crippen LogP contribution in [0.25, 0.3) is 10.9 Å². The van der Waals surface area contributed by atoms with Crippen molar-refractivity contribution >= 4 is 10.9 Å². The average Bonchev–Trinajstić information content (AvgIpc) is 2.49. The molecule has 0 radical (unpaired) electrons. The highest BCUT2D eigenvalue weighted by molar-refractivity contribution is 5.84. The zero-order chi connectivity index (χ0) is 12.9. The van der Waals surface area contributed by atoms with Gasteiger partial charge in [0.05, 0.1) is 17.6 Å². The second kappa shape index (κ2) is 5.83. The Labute approximate surface area is 113 Å². The molecule has 1 aliphatic heterocycles. The van der Waals surface area contributed by atoms with E-state index in [1.54, 1.807) is 0 Å². The van der Waals surface area contributed by atoms with Gasteiger partial charge in [-0.15, -0.1) is 0 Å². The molecule has 0 amide bonds. The molecule has 1 aromatic carbocycles. The molecule has 3 nitrogen and oxygen atoms in total. The van der Waals surface area contributed by atoms with Crippen molar-refractivity contribution < 1.29 is 0 Å². The molecule has 0 bridgehead atoms. The van der Waals surface area contributed by atoms with E-state index < -0.39 is 0 Å². The van der Waals surface area contributed by atoms with Crippen LogP contribution in [0.2, 0.25) is 0 Å². The van der Waals surface area contributed by atoms with E-state index in [0.29, 0.717) is 0 Å². The van der Waals surface area contributed by atoms with Crippen molar-refractivity contribution in [2.45, 2.75) is 0 Å². The van der Waals surface area contributed by atoms with Crippen molar-refractivity contribution in [3.05, 3.63) is 42.1 Å². The zero-order valence-electron chi connectivity index (χ0n) is 10.9. The minimum atomic E-state index is 0.838. The number of aromatic nitrogens is 1. The summed E-state index contributed by atoms with van der Waals surface area (Å²) in [5.74, 6) is 6.53. The molecule has 1 N–H and O–H groups in total. The Morgan fingerprint density at radius 1 is 1.16 bits per heavy atom. The van der Waals surface area contributed by atoms with Gasteiger partial charge in [0, 0.05) is 37.8 Å². The highest BCUT2D eigenvalue weighted by Crippen LogP contribution is 2.14. The van der Waals surface area contributed by atoms with Crippen molar-refractivity contribution in [3.8, 4) is 11.8 Å². The third-order valence-electron chi connectivity index (χ3n) is 3.37. The summed E-state index contributed by atoms with van der Waals surface area (Å²) in [6.45, 7) is 5.14. The number of rotatable bonds is 1. The predicted octanol–water partition coefficient (Wildman–Crippen LogP) is 1.49. The van der Waals surface area contributed by atoms with Gasteiger partial charge >= 0.3 is 0 Å². The third kappa shape index (κ3) is 2.93. The van der Waals surface area contributed by atoms with Crippen molar-refractivity contribution in [2.24, 2.45) is 0 Å². The molecule has 1 fully saturated rings. The van der Waals surface area contributed by atoms with Gasteiger partial charge in [-0.3, -0.25) is 9.88 Å². The molecule has 0 saturated carbocycles. The van der Waals surface area contributed by atoms with E-state index in [2.05, 4.69) is 39.2 Å². The summed E-state index contributed by atoms with van der Waals surface area (Å²) in [7, 11) is 0. The van der Waals surface area contributed by atoms with Crippen molar-refractivity contribution in [2.75, 3.05) is 32.7 Å². The quantitative estimate of drug-likeness (QED) is 0.778. The maximum absolute atomic E-state index is 4.42. The first-order chi connectivity index (χ1) is 9.43. The molecule has 3 rings (SSSR count). The lowest BCUT2D eigenvalue weighted by Gasteiger charge is -2.24. The highest BCUT2D eigenvalue weighted by Gasteiger charge is 2.06. The van der Waals surface area contributed by atoms with Gasteiger partial charge < -0.3 is 5.32 Å². The predicted molar refractivity (Wildman–Crippen MR) is 77.9 cm³/mol. The van der Waals surface area contributed by atoms with Gasteiger partial charge in [0.15, 0.2) is 0 Å². The first-order valence-corrected chi connectivity index (χ1v) is 6.69. The number of benzene rings is 1. The van der Waals surface area contributed by atoms with Crippen LogP contribution in [0.1, 0.15) is 5.56 Å². The molecule has 3 heteroatoms. The monoisotopic (exact) mass is 251 g/mol. The molecule has 19 heavy (non-hydrogen) atoms. The Balaban J connectivity index is 1.78. The molecule has 0 spiro atoms. The summed E-state index contributed by atoms with van der Waals surface area (Å²) in [4.78, 5) is 6.80. The molecule has 1 aromatic heterocycles. The summed E-state index contributed by atoms with van der Waals surface area (Å²) in [6.07, 6.45) is 1.82. The molecule has 0 atom stereocenters. The maximum atomic E-state index is 4.42. The Kier molecular flexibility index (Phi) is 3.73. The van der Waals surface area contributed by atoms with Gasteiger partial charge in [0.25, 0.3) is 0 Å². The van der Waals surface area contributed by atoms with Crippen LogP contribution in [-0.4, -0.2) is 42.6 Å². The first-order valence-electron chi connectivity index (χ1n) is 6.69. The standard InChI is InChI=1S/C16H17N3/c1-4-14-6-2-8-18-16(14)15(5-1)7-3-11-19-12-9-17-10-13-19/h1-2,4-6,8,17H,9-13H2. The van der Waals surface area contributed by atoms with Gasteiger partial charge in [-0.1, -0.05) is 30.0 Å². The SMILES string of the molecule is C(#Cc1cccc2cccnc12)CN1CCNCC1. The number of fused-ring (bicyclic) bond motifs is 1. The molecule has 0 unspecified atom stereocenters. The van der Waals surface area contributed by atoms with Crippen LogP contribution in [0.5, 0.6) is 0 Å². The zero-order valence-corrected chi connectivity index (χ0v) is 10.9. The maximum Gasteiger partial charge on any atom is 0.0858 e. The number of pyridine rings is 1. The Hall–Kier alpha value is -1.89. The van der Waals surface area contributed by atoms with E-state index in [1.165, 1.54) is 0 Å². The summed E-state index contributed by atoms with van der Waals surface area (Å²) in [6, 6.07) is 10.2. The fourth-order valence-electron chi connectivity index (χ4n) is 2.32. The fourth-order valence-corrected chi connectivity index (χ4v) is 2.32. The van der Waals surface area contributed by atoms with Crippen LogP contribution in [-0.2, 0) is 0 Å². The number of hydrogen-bond acceptors (Lipinski definition) is 3. The molecular weight excluding hydrogens is 234 g/mol. The van der Waals surface area contributed by atoms with Crippen molar-refractivity contribution in [3.63, 3.8) is 0 Å². The summed E-state index contributed by atoms with van der Waals surface area (Å²) >= 11 is 0. The minimum absolute atomic E-state index is 0.838. The molecular formula is C16H17N3. The topological polar surface area (TPSA) is 28.2 Å². The van der Waals surface area contributed by atoms with E-state index >= 15 is 0 Å². The van der Waals surface area contributed by atoms with E-state index in [0.717, 1.165) is 49.2 Å². The lowest BCUT2D eigenvalue weighted by Crippen LogP contribution is -2.43. The second-order valence-corrected chi connectivity index (χ2v) is 4.71. The fraction of sp³-hybridized carbons (Fsp3) is 0.312. The first kappa shape index (κ1) is 12.2. The normalized spacial score (nSPS) is 16.0. The number of nitrogens with one attached hydrogen (secondary N) is 1. The van der Waals surface area contributed by atoms with Crippen molar-refractivity contribution in [1.29, 1.82) is 0 Å². The van der Waals surface area contributed by atoms with E-state index in [1.807, 2.05) is 24.4 Å². The Morgan fingerprint density at radius 3 is 2.89 bits per heavy atom. The largest absolute Gasteiger partial charge is 0.314 e. The molecule has 2 heterocycles. The molecule has 0 aliphatic carbocycles. The van der Waals surface area contributed by atoms with Crippen LogP contribution in [0.15, 0.2) is 36.5 Å². The van der Waals surface area contributed by atoms with Crippen LogP contribution in [0.4, 0.5) is 0 Å². The van der Waals surface area contributed by atoms with E-state index in [-0.39, 0.29) is 0 Å². The summed E-state index contributed by atoms with van der Waals surface area (Å²) in [5, 5.41) is 4.50. The highest BCUT2D eigenvalue weighted by atomic mass is 15.2. The van der Waals surface area contributed by atoms with Gasteiger partial charge in [0.2, 0.25) is 0 Å². The van der Waals surface area contributed by atoms with Gasteiger partial charge in [-0.05, 0) is 12.1 Å². The van der Waals surface area contributed by atoms with Gasteiger partial charge in [-0.2, -0.15) is 0 Å². The second-order valence-electron chi connectivity index (χ2n) is 4.71. The van der Waals surface area contributed by atoms with Crippen LogP contribution in [0, 0.1) is 11.8 Å². The Morgan fingerprint density at radius 2 is 2.00 bits per heavy atom. The third-order valence-corrected chi connectivity index (χ3v) is 3.37. The average molecular weight is 251 g/mol. The minimum Gasteiger partial charge on any atom is -0.314 e. The van der Waals surface area contributed by atoms with E-state index in [9.17, 15) is 0 Å².